The Morgan fingerprint density at radius 1 is 1.44 bits per heavy atom. The van der Waals surface area contributed by atoms with Crippen LogP contribution in [0.4, 0.5) is 0 Å². The second-order valence-electron chi connectivity index (χ2n) is 5.16. The first-order chi connectivity index (χ1) is 8.40. The van der Waals surface area contributed by atoms with E-state index in [9.17, 15) is 9.90 Å². The van der Waals surface area contributed by atoms with Gasteiger partial charge >= 0.3 is 0 Å². The van der Waals surface area contributed by atoms with Crippen LogP contribution >= 0.6 is 0 Å². The van der Waals surface area contributed by atoms with Gasteiger partial charge in [0, 0.05) is 6.42 Å². The zero-order valence-corrected chi connectivity index (χ0v) is 11.3. The summed E-state index contributed by atoms with van der Waals surface area (Å²) in [6.45, 7) is 6.28. The molecule has 0 radical (unpaired) electrons. The highest BCUT2D eigenvalue weighted by Crippen LogP contribution is 2.34. The average molecular weight is 250 g/mol. The van der Waals surface area contributed by atoms with Crippen LogP contribution in [0.2, 0.25) is 0 Å². The van der Waals surface area contributed by atoms with Crippen LogP contribution < -0.4 is 11.3 Å². The van der Waals surface area contributed by atoms with Crippen LogP contribution in [0.15, 0.2) is 18.2 Å². The summed E-state index contributed by atoms with van der Waals surface area (Å²) in [6.07, 6.45) is 1.91. The van der Waals surface area contributed by atoms with Gasteiger partial charge in [-0.3, -0.25) is 10.2 Å². The molecule has 1 aromatic carbocycles. The molecule has 0 aliphatic heterocycles. The first-order valence-electron chi connectivity index (χ1n) is 6.22. The van der Waals surface area contributed by atoms with Crippen molar-refractivity contribution in [3.63, 3.8) is 0 Å². The molecule has 0 aliphatic rings. The van der Waals surface area contributed by atoms with Gasteiger partial charge in [-0.25, -0.2) is 5.84 Å². The van der Waals surface area contributed by atoms with Crippen LogP contribution in [0.5, 0.6) is 5.75 Å². The number of carbonyl (C=O) groups is 1. The Balaban J connectivity index is 2.91. The molecule has 1 rings (SSSR count). The summed E-state index contributed by atoms with van der Waals surface area (Å²) in [4.78, 5) is 11.1. The third kappa shape index (κ3) is 3.47. The average Bonchev–Trinajstić information content (AvgIpc) is 2.37. The number of aromatic hydroxyl groups is 1. The van der Waals surface area contributed by atoms with Crippen molar-refractivity contribution in [3.8, 4) is 5.75 Å². The van der Waals surface area contributed by atoms with Gasteiger partial charge in [0.05, 0.1) is 0 Å². The molecule has 100 valence electrons. The Labute approximate surface area is 108 Å². The second-order valence-corrected chi connectivity index (χ2v) is 5.16. The zero-order valence-electron chi connectivity index (χ0n) is 11.3. The lowest BCUT2D eigenvalue weighted by molar-refractivity contribution is -0.121. The minimum Gasteiger partial charge on any atom is -0.508 e. The number of rotatable bonds is 5. The highest BCUT2D eigenvalue weighted by Gasteiger charge is 2.22. The number of amides is 1. The molecule has 0 aliphatic carbocycles. The number of benzene rings is 1. The van der Waals surface area contributed by atoms with E-state index in [1.165, 1.54) is 0 Å². The highest BCUT2D eigenvalue weighted by atomic mass is 16.3. The number of aryl methyl sites for hydroxylation is 1. The van der Waals surface area contributed by atoms with Crippen LogP contribution in [0.1, 0.15) is 44.7 Å². The molecule has 0 spiro atoms. The van der Waals surface area contributed by atoms with Gasteiger partial charge in [0.2, 0.25) is 5.91 Å². The number of carbonyl (C=O) groups excluding carboxylic acids is 1. The summed E-state index contributed by atoms with van der Waals surface area (Å²) < 4.78 is 0. The highest BCUT2D eigenvalue weighted by molar-refractivity contribution is 5.75. The van der Waals surface area contributed by atoms with Gasteiger partial charge in [-0.05, 0) is 35.4 Å². The van der Waals surface area contributed by atoms with Crippen molar-refractivity contribution in [2.24, 2.45) is 5.84 Å². The molecule has 4 heteroatoms. The number of hydrogen-bond donors (Lipinski definition) is 3. The van der Waals surface area contributed by atoms with Crippen LogP contribution in [-0.4, -0.2) is 11.0 Å². The van der Waals surface area contributed by atoms with Crippen LogP contribution in [-0.2, 0) is 16.6 Å². The third-order valence-corrected chi connectivity index (χ3v) is 3.48. The normalized spacial score (nSPS) is 11.3. The summed E-state index contributed by atoms with van der Waals surface area (Å²) in [5.74, 6) is 5.17. The van der Waals surface area contributed by atoms with E-state index in [0.29, 0.717) is 18.6 Å². The molecule has 0 saturated heterocycles. The fraction of sp³-hybridized carbons (Fsp3) is 0.500. The van der Waals surface area contributed by atoms with Gasteiger partial charge in [0.25, 0.3) is 0 Å². The zero-order chi connectivity index (χ0) is 13.8. The van der Waals surface area contributed by atoms with E-state index in [2.05, 4.69) is 26.2 Å². The Kier molecular flexibility index (Phi) is 4.73. The summed E-state index contributed by atoms with van der Waals surface area (Å²) in [6, 6.07) is 5.51. The van der Waals surface area contributed by atoms with E-state index in [0.717, 1.165) is 17.5 Å². The van der Waals surface area contributed by atoms with Crippen molar-refractivity contribution in [1.82, 2.24) is 5.43 Å². The molecule has 0 unspecified atom stereocenters. The lowest BCUT2D eigenvalue weighted by atomic mass is 9.81. The molecule has 4 nitrogen and oxygen atoms in total. The minimum atomic E-state index is -0.181. The molecule has 1 aromatic rings. The molecule has 0 atom stereocenters. The molecule has 0 fully saturated rings. The molecule has 0 aromatic heterocycles. The first-order valence-corrected chi connectivity index (χ1v) is 6.22. The molecular weight excluding hydrogens is 228 g/mol. The van der Waals surface area contributed by atoms with Crippen LogP contribution in [0.25, 0.3) is 0 Å². The molecule has 0 saturated carbocycles. The van der Waals surface area contributed by atoms with E-state index in [1.54, 1.807) is 6.07 Å². The van der Waals surface area contributed by atoms with E-state index in [-0.39, 0.29) is 11.3 Å². The molecule has 1 amide bonds. The van der Waals surface area contributed by atoms with E-state index >= 15 is 0 Å². The SMILES string of the molecule is CCC(C)(C)c1cc(CCC(=O)NN)ccc1O. The summed E-state index contributed by atoms with van der Waals surface area (Å²) in [7, 11) is 0. The lowest BCUT2D eigenvalue weighted by Crippen LogP contribution is -2.30. The Morgan fingerprint density at radius 2 is 2.11 bits per heavy atom. The van der Waals surface area contributed by atoms with Crippen molar-refractivity contribution in [2.75, 3.05) is 0 Å². The number of nitrogens with one attached hydrogen (secondary N) is 1. The topological polar surface area (TPSA) is 75.4 Å². The molecule has 0 heterocycles. The smallest absolute Gasteiger partial charge is 0.234 e. The van der Waals surface area contributed by atoms with Crippen molar-refractivity contribution < 1.29 is 9.90 Å². The summed E-state index contributed by atoms with van der Waals surface area (Å²) in [5.41, 5.74) is 4.00. The fourth-order valence-corrected chi connectivity index (χ4v) is 1.80. The third-order valence-electron chi connectivity index (χ3n) is 3.48. The van der Waals surface area contributed by atoms with E-state index in [1.807, 2.05) is 12.1 Å². The van der Waals surface area contributed by atoms with Gasteiger partial charge in [-0.1, -0.05) is 32.9 Å². The van der Waals surface area contributed by atoms with Gasteiger partial charge in [-0.15, -0.1) is 0 Å². The van der Waals surface area contributed by atoms with Gasteiger partial charge < -0.3 is 5.11 Å². The van der Waals surface area contributed by atoms with Crippen molar-refractivity contribution in [1.29, 1.82) is 0 Å². The largest absolute Gasteiger partial charge is 0.508 e. The number of phenols is 1. The van der Waals surface area contributed by atoms with Crippen LogP contribution in [0.3, 0.4) is 0 Å². The number of hydrogen-bond acceptors (Lipinski definition) is 3. The van der Waals surface area contributed by atoms with Crippen molar-refractivity contribution in [3.05, 3.63) is 29.3 Å². The number of phenolic OH excluding ortho intramolecular Hbond substituents is 1. The Morgan fingerprint density at radius 3 is 2.67 bits per heavy atom. The maximum Gasteiger partial charge on any atom is 0.234 e. The number of hydrazine groups is 1. The first kappa shape index (κ1) is 14.5. The van der Waals surface area contributed by atoms with Gasteiger partial charge in [0.1, 0.15) is 5.75 Å². The second kappa shape index (κ2) is 5.87. The molecular formula is C14H22N2O2. The molecule has 0 bridgehead atoms. The molecule has 18 heavy (non-hydrogen) atoms. The number of nitrogens with two attached hydrogens (primary N) is 1. The predicted octanol–water partition coefficient (Wildman–Crippen LogP) is 2.00. The van der Waals surface area contributed by atoms with Gasteiger partial charge in [-0.2, -0.15) is 0 Å². The standard InChI is InChI=1S/C14H22N2O2/c1-4-14(2,3)11-9-10(5-7-12(11)17)6-8-13(18)16-15/h5,7,9,17H,4,6,8,15H2,1-3H3,(H,16,18). The Hall–Kier alpha value is -1.55. The van der Waals surface area contributed by atoms with Crippen molar-refractivity contribution in [2.45, 2.75) is 45.4 Å². The van der Waals surface area contributed by atoms with Crippen LogP contribution in [0, 0.1) is 0 Å². The minimum absolute atomic E-state index is 0.0732. The maximum absolute atomic E-state index is 11.1. The maximum atomic E-state index is 11.1. The Bertz CT molecular complexity index is 428. The van der Waals surface area contributed by atoms with E-state index < -0.39 is 0 Å². The van der Waals surface area contributed by atoms with E-state index in [4.69, 9.17) is 5.84 Å². The summed E-state index contributed by atoms with van der Waals surface area (Å²) >= 11 is 0. The predicted molar refractivity (Wildman–Crippen MR) is 72.1 cm³/mol. The monoisotopic (exact) mass is 250 g/mol. The lowest BCUT2D eigenvalue weighted by Gasteiger charge is -2.25. The van der Waals surface area contributed by atoms with Crippen molar-refractivity contribution >= 4 is 5.91 Å². The summed E-state index contributed by atoms with van der Waals surface area (Å²) in [5, 5.41) is 9.93. The van der Waals surface area contributed by atoms with Gasteiger partial charge in [0.15, 0.2) is 0 Å². The molecule has 4 N–H and O–H groups in total. The fourth-order valence-electron chi connectivity index (χ4n) is 1.80. The quantitative estimate of drug-likeness (QED) is 0.425.